The van der Waals surface area contributed by atoms with Gasteiger partial charge in [0.15, 0.2) is 11.9 Å². The van der Waals surface area contributed by atoms with Crippen LogP contribution in [0.25, 0.3) is 0 Å². The van der Waals surface area contributed by atoms with Crippen LogP contribution in [0.3, 0.4) is 0 Å². The van der Waals surface area contributed by atoms with E-state index in [0.717, 1.165) is 43.3 Å². The summed E-state index contributed by atoms with van der Waals surface area (Å²) in [5.41, 5.74) is 1.95. The van der Waals surface area contributed by atoms with Crippen LogP contribution >= 0.6 is 12.4 Å². The summed E-state index contributed by atoms with van der Waals surface area (Å²) in [5, 5.41) is 3.34. The number of hydrogen-bond donors (Lipinski definition) is 1. The third kappa shape index (κ3) is 2.43. The molecule has 1 N–H and O–H groups in total. The number of nitrogens with zero attached hydrogens (tertiary/aromatic N) is 2. The number of carbonyl (C=O) groups excluding carboxylic acids is 1. The first-order chi connectivity index (χ1) is 9.18. The molecule has 0 aromatic heterocycles. The van der Waals surface area contributed by atoms with Crippen molar-refractivity contribution in [2.45, 2.75) is 13.0 Å². The molecule has 110 valence electrons. The first-order valence-corrected chi connectivity index (χ1v) is 6.71. The lowest BCUT2D eigenvalue weighted by Gasteiger charge is -2.36. The van der Waals surface area contributed by atoms with Gasteiger partial charge in [0.1, 0.15) is 0 Å². The lowest BCUT2D eigenvalue weighted by molar-refractivity contribution is -0.125. The maximum atomic E-state index is 12.0. The van der Waals surface area contributed by atoms with Gasteiger partial charge in [0.05, 0.1) is 11.4 Å². The molecule has 1 aromatic rings. The van der Waals surface area contributed by atoms with Crippen molar-refractivity contribution < 1.29 is 9.53 Å². The molecule has 2 aliphatic heterocycles. The lowest BCUT2D eigenvalue weighted by Crippen LogP contribution is -2.45. The molecule has 3 rings (SSSR count). The van der Waals surface area contributed by atoms with Crippen LogP contribution in [0, 0.1) is 0 Å². The fourth-order valence-corrected chi connectivity index (χ4v) is 2.67. The predicted molar refractivity (Wildman–Crippen MR) is 82.3 cm³/mol. The number of likely N-dealkylation sites (N-methyl/N-ethyl adjacent to an activating group) is 1. The van der Waals surface area contributed by atoms with Crippen molar-refractivity contribution in [2.75, 3.05) is 43.0 Å². The van der Waals surface area contributed by atoms with E-state index in [1.165, 1.54) is 0 Å². The average Bonchev–Trinajstić information content (AvgIpc) is 2.45. The molecule has 1 aromatic carbocycles. The largest absolute Gasteiger partial charge is 0.476 e. The second-order valence-electron chi connectivity index (χ2n) is 5.02. The molecule has 0 aliphatic carbocycles. The van der Waals surface area contributed by atoms with Crippen molar-refractivity contribution in [1.29, 1.82) is 0 Å². The average molecular weight is 298 g/mol. The Hall–Kier alpha value is -1.46. The summed E-state index contributed by atoms with van der Waals surface area (Å²) < 4.78 is 5.85. The van der Waals surface area contributed by atoms with Crippen molar-refractivity contribution in [3.63, 3.8) is 0 Å². The van der Waals surface area contributed by atoms with Crippen molar-refractivity contribution in [3.8, 4) is 5.75 Å². The number of ether oxygens (including phenoxy) is 1. The SMILES string of the molecule is CC1Oc2c(N3CCNCC3)cccc2N(C)C1=O.Cl. The highest BCUT2D eigenvalue weighted by Crippen LogP contribution is 2.41. The van der Waals surface area contributed by atoms with Gasteiger partial charge in [-0.2, -0.15) is 0 Å². The zero-order valence-corrected chi connectivity index (χ0v) is 12.6. The Morgan fingerprint density at radius 3 is 2.60 bits per heavy atom. The quantitative estimate of drug-likeness (QED) is 0.848. The number of carbonyl (C=O) groups is 1. The van der Waals surface area contributed by atoms with E-state index in [9.17, 15) is 4.79 Å². The summed E-state index contributed by atoms with van der Waals surface area (Å²) in [4.78, 5) is 16.0. The Balaban J connectivity index is 0.00000147. The maximum Gasteiger partial charge on any atom is 0.267 e. The molecule has 2 aliphatic rings. The highest BCUT2D eigenvalue weighted by atomic mass is 35.5. The van der Waals surface area contributed by atoms with Crippen molar-refractivity contribution in [3.05, 3.63) is 18.2 Å². The Bertz CT molecular complexity index is 503. The van der Waals surface area contributed by atoms with E-state index in [1.807, 2.05) is 19.2 Å². The minimum absolute atomic E-state index is 0. The summed E-state index contributed by atoms with van der Waals surface area (Å²) in [6.07, 6.45) is -0.415. The van der Waals surface area contributed by atoms with Crippen molar-refractivity contribution in [2.24, 2.45) is 0 Å². The highest BCUT2D eigenvalue weighted by molar-refractivity contribution is 6.00. The van der Waals surface area contributed by atoms with Gasteiger partial charge in [0.2, 0.25) is 0 Å². The van der Waals surface area contributed by atoms with Gasteiger partial charge in [0, 0.05) is 33.2 Å². The molecule has 1 fully saturated rings. The third-order valence-electron chi connectivity index (χ3n) is 3.77. The molecular weight excluding hydrogens is 278 g/mol. The molecular formula is C14H20ClN3O2. The minimum Gasteiger partial charge on any atom is -0.476 e. The Labute approximate surface area is 125 Å². The first kappa shape index (κ1) is 14.9. The fraction of sp³-hybridized carbons (Fsp3) is 0.500. The maximum absolute atomic E-state index is 12.0. The smallest absolute Gasteiger partial charge is 0.267 e. The number of anilines is 2. The molecule has 6 heteroatoms. The number of nitrogens with one attached hydrogen (secondary N) is 1. The standard InChI is InChI=1S/C14H19N3O2.ClH/c1-10-14(18)16(2)11-4-3-5-12(13(11)19-10)17-8-6-15-7-9-17;/h3-5,10,15H,6-9H2,1-2H3;1H. The number of rotatable bonds is 1. The van der Waals surface area contributed by atoms with E-state index in [-0.39, 0.29) is 18.3 Å². The topological polar surface area (TPSA) is 44.8 Å². The first-order valence-electron chi connectivity index (χ1n) is 6.71. The van der Waals surface area contributed by atoms with E-state index < -0.39 is 6.10 Å². The van der Waals surface area contributed by atoms with Gasteiger partial charge in [0.25, 0.3) is 5.91 Å². The van der Waals surface area contributed by atoms with Gasteiger partial charge in [-0.15, -0.1) is 12.4 Å². The van der Waals surface area contributed by atoms with E-state index in [0.29, 0.717) is 0 Å². The molecule has 0 radical (unpaired) electrons. The van der Waals surface area contributed by atoms with Gasteiger partial charge < -0.3 is 19.9 Å². The Kier molecular flexibility index (Phi) is 4.40. The van der Waals surface area contributed by atoms with Crippen LogP contribution in [0.5, 0.6) is 5.75 Å². The number of amides is 1. The Morgan fingerprint density at radius 1 is 1.25 bits per heavy atom. The van der Waals surface area contributed by atoms with E-state index in [1.54, 1.807) is 11.8 Å². The Morgan fingerprint density at radius 2 is 1.90 bits per heavy atom. The summed E-state index contributed by atoms with van der Waals surface area (Å²) in [6.45, 7) is 5.69. The molecule has 1 amide bonds. The molecule has 2 heterocycles. The van der Waals surface area contributed by atoms with Gasteiger partial charge in [-0.05, 0) is 19.1 Å². The molecule has 0 saturated carbocycles. The van der Waals surface area contributed by atoms with Gasteiger partial charge >= 0.3 is 0 Å². The predicted octanol–water partition coefficient (Wildman–Crippen LogP) is 1.26. The zero-order valence-electron chi connectivity index (χ0n) is 11.8. The van der Waals surface area contributed by atoms with E-state index in [4.69, 9.17) is 4.74 Å². The van der Waals surface area contributed by atoms with Crippen molar-refractivity contribution in [1.82, 2.24) is 5.32 Å². The number of hydrogen-bond acceptors (Lipinski definition) is 4. The fourth-order valence-electron chi connectivity index (χ4n) is 2.67. The van der Waals surface area contributed by atoms with Crippen LogP contribution in [0.2, 0.25) is 0 Å². The highest BCUT2D eigenvalue weighted by Gasteiger charge is 2.31. The number of fused-ring (bicyclic) bond motifs is 1. The molecule has 1 atom stereocenters. The second kappa shape index (κ2) is 5.89. The third-order valence-corrected chi connectivity index (χ3v) is 3.77. The number of halogens is 1. The summed E-state index contributed by atoms with van der Waals surface area (Å²) >= 11 is 0. The van der Waals surface area contributed by atoms with Crippen LogP contribution in [0.1, 0.15) is 6.92 Å². The summed E-state index contributed by atoms with van der Waals surface area (Å²) in [5.74, 6) is 0.837. The van der Waals surface area contributed by atoms with Gasteiger partial charge in [-0.25, -0.2) is 0 Å². The second-order valence-corrected chi connectivity index (χ2v) is 5.02. The molecule has 20 heavy (non-hydrogen) atoms. The van der Waals surface area contributed by atoms with E-state index in [2.05, 4.69) is 16.3 Å². The molecule has 0 bridgehead atoms. The molecule has 5 nitrogen and oxygen atoms in total. The lowest BCUT2D eigenvalue weighted by atomic mass is 10.1. The van der Waals surface area contributed by atoms with Crippen LogP contribution in [-0.2, 0) is 4.79 Å². The van der Waals surface area contributed by atoms with E-state index >= 15 is 0 Å². The van der Waals surface area contributed by atoms with Crippen LogP contribution in [0.4, 0.5) is 11.4 Å². The molecule has 1 unspecified atom stereocenters. The summed E-state index contributed by atoms with van der Waals surface area (Å²) in [7, 11) is 1.81. The number of piperazine rings is 1. The van der Waals surface area contributed by atoms with Crippen LogP contribution in [0.15, 0.2) is 18.2 Å². The number of para-hydroxylation sites is 1. The van der Waals surface area contributed by atoms with Crippen LogP contribution < -0.4 is 19.9 Å². The number of benzene rings is 1. The zero-order chi connectivity index (χ0) is 13.4. The normalized spacial score (nSPS) is 21.9. The van der Waals surface area contributed by atoms with Gasteiger partial charge in [-0.3, -0.25) is 4.79 Å². The molecule has 0 spiro atoms. The van der Waals surface area contributed by atoms with Crippen molar-refractivity contribution >= 4 is 29.7 Å². The molecule has 1 saturated heterocycles. The van der Waals surface area contributed by atoms with Crippen LogP contribution in [-0.4, -0.2) is 45.2 Å². The minimum atomic E-state index is -0.415. The summed E-state index contributed by atoms with van der Waals surface area (Å²) in [6, 6.07) is 5.99. The monoisotopic (exact) mass is 297 g/mol. The van der Waals surface area contributed by atoms with Gasteiger partial charge in [-0.1, -0.05) is 6.07 Å².